The van der Waals surface area contributed by atoms with Crippen LogP contribution in [0.5, 0.6) is 0 Å². The Kier molecular flexibility index (Phi) is 5.17. The molecule has 0 radical (unpaired) electrons. The molecule has 18 heavy (non-hydrogen) atoms. The van der Waals surface area contributed by atoms with Gasteiger partial charge in [-0.2, -0.15) is 0 Å². The number of hydrogen-bond donors (Lipinski definition) is 3. The van der Waals surface area contributed by atoms with E-state index in [2.05, 4.69) is 16.0 Å². The first-order valence-electron chi connectivity index (χ1n) is 5.85. The molecule has 0 bridgehead atoms. The third-order valence-electron chi connectivity index (χ3n) is 2.61. The highest BCUT2D eigenvalue weighted by molar-refractivity contribution is 5.99. The van der Waals surface area contributed by atoms with Crippen LogP contribution < -0.4 is 16.0 Å². The minimum atomic E-state index is -0.178. The van der Waals surface area contributed by atoms with Crippen molar-refractivity contribution in [2.75, 3.05) is 26.0 Å². The van der Waals surface area contributed by atoms with Crippen molar-refractivity contribution in [2.24, 2.45) is 0 Å². The van der Waals surface area contributed by atoms with E-state index in [1.807, 2.05) is 19.1 Å². The van der Waals surface area contributed by atoms with Gasteiger partial charge in [0.1, 0.15) is 0 Å². The van der Waals surface area contributed by atoms with Crippen molar-refractivity contribution in [3.8, 4) is 0 Å². The quantitative estimate of drug-likeness (QED) is 0.726. The van der Waals surface area contributed by atoms with Crippen molar-refractivity contribution < 1.29 is 9.59 Å². The number of hydrogen-bond acceptors (Lipinski definition) is 3. The zero-order valence-electron chi connectivity index (χ0n) is 11.0. The lowest BCUT2D eigenvalue weighted by atomic mass is 10.1. The van der Waals surface area contributed by atoms with E-state index in [-0.39, 0.29) is 18.2 Å². The van der Waals surface area contributed by atoms with E-state index >= 15 is 0 Å². The molecule has 2 amide bonds. The van der Waals surface area contributed by atoms with Crippen LogP contribution in [0, 0.1) is 6.92 Å². The fourth-order valence-electron chi connectivity index (χ4n) is 1.57. The van der Waals surface area contributed by atoms with E-state index in [0.717, 1.165) is 11.3 Å². The Morgan fingerprint density at radius 2 is 1.94 bits per heavy atom. The molecule has 3 N–H and O–H groups in total. The summed E-state index contributed by atoms with van der Waals surface area (Å²) in [6.45, 7) is 2.30. The lowest BCUT2D eigenvalue weighted by molar-refractivity contribution is -0.120. The third-order valence-corrected chi connectivity index (χ3v) is 2.61. The molecule has 98 valence electrons. The van der Waals surface area contributed by atoms with Crippen LogP contribution in [0.3, 0.4) is 0 Å². The van der Waals surface area contributed by atoms with Gasteiger partial charge in [0.2, 0.25) is 5.91 Å². The highest BCUT2D eigenvalue weighted by atomic mass is 16.2. The second-order valence-electron chi connectivity index (χ2n) is 3.98. The number of rotatable bonds is 5. The highest BCUT2D eigenvalue weighted by Gasteiger charge is 2.10. The van der Waals surface area contributed by atoms with Gasteiger partial charge in [0, 0.05) is 32.7 Å². The normalized spacial score (nSPS) is 9.72. The van der Waals surface area contributed by atoms with Crippen molar-refractivity contribution in [3.05, 3.63) is 29.3 Å². The topological polar surface area (TPSA) is 70.2 Å². The maximum Gasteiger partial charge on any atom is 0.253 e. The molecule has 5 nitrogen and oxygen atoms in total. The molecular formula is C13H19N3O2. The Morgan fingerprint density at radius 3 is 2.56 bits per heavy atom. The molecule has 0 aliphatic rings. The van der Waals surface area contributed by atoms with Gasteiger partial charge in [0.15, 0.2) is 0 Å². The smallest absolute Gasteiger partial charge is 0.253 e. The van der Waals surface area contributed by atoms with Crippen LogP contribution in [0.2, 0.25) is 0 Å². The van der Waals surface area contributed by atoms with Crippen molar-refractivity contribution >= 4 is 17.5 Å². The highest BCUT2D eigenvalue weighted by Crippen LogP contribution is 2.16. The van der Waals surface area contributed by atoms with Crippen molar-refractivity contribution in [2.45, 2.75) is 13.3 Å². The molecule has 0 saturated heterocycles. The number of carbonyl (C=O) groups is 2. The summed E-state index contributed by atoms with van der Waals surface area (Å²) in [7, 11) is 3.35. The molecule has 0 heterocycles. The van der Waals surface area contributed by atoms with E-state index in [0.29, 0.717) is 12.1 Å². The number of aryl methyl sites for hydroxylation is 1. The summed E-state index contributed by atoms with van der Waals surface area (Å²) >= 11 is 0. The van der Waals surface area contributed by atoms with Gasteiger partial charge in [-0.3, -0.25) is 9.59 Å². The lowest BCUT2D eigenvalue weighted by Gasteiger charge is -2.10. The van der Waals surface area contributed by atoms with E-state index in [1.165, 1.54) is 0 Å². The van der Waals surface area contributed by atoms with Gasteiger partial charge >= 0.3 is 0 Å². The van der Waals surface area contributed by atoms with Crippen molar-refractivity contribution in [1.29, 1.82) is 0 Å². The monoisotopic (exact) mass is 249 g/mol. The first-order chi connectivity index (χ1) is 8.58. The predicted octanol–water partition coefficient (Wildman–Crippen LogP) is 0.903. The predicted molar refractivity (Wildman–Crippen MR) is 71.7 cm³/mol. The molecule has 1 rings (SSSR count). The van der Waals surface area contributed by atoms with Crippen molar-refractivity contribution in [3.63, 3.8) is 0 Å². The van der Waals surface area contributed by atoms with Gasteiger partial charge in [-0.25, -0.2) is 0 Å². The Hall–Kier alpha value is -2.04. The van der Waals surface area contributed by atoms with E-state index < -0.39 is 0 Å². The summed E-state index contributed by atoms with van der Waals surface area (Å²) in [4.78, 5) is 22.9. The van der Waals surface area contributed by atoms with Crippen LogP contribution in [0.1, 0.15) is 22.3 Å². The Balaban J connectivity index is 2.64. The van der Waals surface area contributed by atoms with Crippen LogP contribution >= 0.6 is 0 Å². The molecule has 0 aliphatic heterocycles. The van der Waals surface area contributed by atoms with Crippen LogP contribution in [-0.4, -0.2) is 32.5 Å². The summed E-state index contributed by atoms with van der Waals surface area (Å²) in [5.41, 5.74) is 2.45. The number of anilines is 1. The van der Waals surface area contributed by atoms with Crippen LogP contribution in [0.4, 0.5) is 5.69 Å². The number of benzene rings is 1. The molecule has 0 aliphatic carbocycles. The third kappa shape index (κ3) is 3.76. The van der Waals surface area contributed by atoms with Crippen molar-refractivity contribution in [1.82, 2.24) is 10.6 Å². The van der Waals surface area contributed by atoms with Crippen LogP contribution in [0.25, 0.3) is 0 Å². The van der Waals surface area contributed by atoms with E-state index in [1.54, 1.807) is 20.2 Å². The zero-order valence-corrected chi connectivity index (χ0v) is 11.0. The van der Waals surface area contributed by atoms with Crippen LogP contribution in [-0.2, 0) is 4.79 Å². The molecule has 0 atom stereocenters. The van der Waals surface area contributed by atoms with E-state index in [4.69, 9.17) is 0 Å². The largest absolute Gasteiger partial charge is 0.387 e. The molecule has 0 unspecified atom stereocenters. The number of amides is 2. The number of carbonyl (C=O) groups excluding carboxylic acids is 2. The van der Waals surface area contributed by atoms with Gasteiger partial charge in [0.05, 0.1) is 5.56 Å². The van der Waals surface area contributed by atoms with Gasteiger partial charge in [-0.1, -0.05) is 6.07 Å². The maximum absolute atomic E-state index is 11.9. The minimum absolute atomic E-state index is 0.0898. The number of nitrogens with one attached hydrogen (secondary N) is 3. The Morgan fingerprint density at radius 1 is 1.22 bits per heavy atom. The Labute approximate surface area is 107 Å². The second kappa shape index (κ2) is 6.64. The molecular weight excluding hydrogens is 230 g/mol. The van der Waals surface area contributed by atoms with Gasteiger partial charge in [0.25, 0.3) is 5.91 Å². The molecule has 1 aromatic carbocycles. The van der Waals surface area contributed by atoms with E-state index in [9.17, 15) is 9.59 Å². The average Bonchev–Trinajstić information content (AvgIpc) is 2.37. The molecule has 5 heteroatoms. The molecule has 0 spiro atoms. The maximum atomic E-state index is 11.9. The van der Waals surface area contributed by atoms with Gasteiger partial charge < -0.3 is 16.0 Å². The average molecular weight is 249 g/mol. The first kappa shape index (κ1) is 14.0. The molecule has 0 aromatic heterocycles. The second-order valence-corrected chi connectivity index (χ2v) is 3.98. The minimum Gasteiger partial charge on any atom is -0.387 e. The standard InChI is InChI=1S/C13H19N3O2/c1-9-4-5-10(11(8-9)14-2)13(18)16-7-6-12(17)15-3/h4-5,8,14H,6-7H2,1-3H3,(H,15,17)(H,16,18). The summed E-state index contributed by atoms with van der Waals surface area (Å²) in [6.07, 6.45) is 0.281. The summed E-state index contributed by atoms with van der Waals surface area (Å²) in [5.74, 6) is -0.267. The summed E-state index contributed by atoms with van der Waals surface area (Å²) in [6, 6.07) is 5.57. The summed E-state index contributed by atoms with van der Waals surface area (Å²) < 4.78 is 0. The van der Waals surface area contributed by atoms with Gasteiger partial charge in [-0.05, 0) is 24.6 Å². The molecule has 0 fully saturated rings. The molecule has 1 aromatic rings. The van der Waals surface area contributed by atoms with Gasteiger partial charge in [-0.15, -0.1) is 0 Å². The molecule has 0 saturated carbocycles. The fourth-order valence-corrected chi connectivity index (χ4v) is 1.57. The lowest BCUT2D eigenvalue weighted by Crippen LogP contribution is -2.29. The SMILES string of the molecule is CNC(=O)CCNC(=O)c1ccc(C)cc1NC. The summed E-state index contributed by atoms with van der Waals surface area (Å²) in [5, 5.41) is 8.21. The van der Waals surface area contributed by atoms with Crippen LogP contribution in [0.15, 0.2) is 18.2 Å². The first-order valence-corrected chi connectivity index (χ1v) is 5.85. The fraction of sp³-hybridized carbons (Fsp3) is 0.385. The Bertz CT molecular complexity index is 444. The zero-order chi connectivity index (χ0) is 13.5.